The molecule has 0 heterocycles. The minimum atomic E-state index is -1.51. The number of ether oxygens (including phenoxy) is 1. The van der Waals surface area contributed by atoms with Gasteiger partial charge in [0.25, 0.3) is 0 Å². The van der Waals surface area contributed by atoms with Crippen LogP contribution in [0.3, 0.4) is 0 Å². The van der Waals surface area contributed by atoms with Gasteiger partial charge in [0.15, 0.2) is 5.79 Å². The molecule has 26 heavy (non-hydrogen) atoms. The Hall–Kier alpha value is -2.46. The Morgan fingerprint density at radius 1 is 0.731 bits per heavy atom. The van der Waals surface area contributed by atoms with Crippen molar-refractivity contribution in [1.29, 1.82) is 0 Å². The molecule has 3 nitrogen and oxygen atoms in total. The molecular formula is C23H25NO2. The quantitative estimate of drug-likeness (QED) is 0.506. The number of aliphatic hydroxyl groups is 1. The van der Waals surface area contributed by atoms with Crippen LogP contribution in [0.1, 0.15) is 23.1 Å². The van der Waals surface area contributed by atoms with Crippen LogP contribution in [0.5, 0.6) is 0 Å². The van der Waals surface area contributed by atoms with Gasteiger partial charge < -0.3 is 15.6 Å². The summed E-state index contributed by atoms with van der Waals surface area (Å²) < 4.78 is 5.78. The molecule has 3 N–H and O–H groups in total. The standard InChI is InChI=1S/C23H25NO2/c1-26-22(25,17-18-24)23(19-11-5-2-6-12-19,20-13-7-3-8-14-20)21-15-9-4-10-16-21/h2-16,25H,17-18,24H2,1H3. The third kappa shape index (κ3) is 2.95. The van der Waals surface area contributed by atoms with Crippen LogP contribution in [0.4, 0.5) is 0 Å². The molecule has 0 aliphatic rings. The molecular weight excluding hydrogens is 322 g/mol. The second-order valence-electron chi connectivity index (χ2n) is 6.38. The maximum absolute atomic E-state index is 11.8. The van der Waals surface area contributed by atoms with Crippen LogP contribution in [0.2, 0.25) is 0 Å². The Bertz CT molecular complexity index is 709. The number of rotatable bonds is 7. The van der Waals surface area contributed by atoms with Crippen LogP contribution in [-0.4, -0.2) is 24.5 Å². The summed E-state index contributed by atoms with van der Waals surface area (Å²) in [6.07, 6.45) is 0.294. The van der Waals surface area contributed by atoms with Crippen molar-refractivity contribution in [2.75, 3.05) is 13.7 Å². The van der Waals surface area contributed by atoms with Crippen molar-refractivity contribution < 1.29 is 9.84 Å². The fourth-order valence-corrected chi connectivity index (χ4v) is 3.88. The summed E-state index contributed by atoms with van der Waals surface area (Å²) >= 11 is 0. The minimum Gasteiger partial charge on any atom is -0.364 e. The van der Waals surface area contributed by atoms with E-state index in [1.807, 2.05) is 91.0 Å². The second-order valence-corrected chi connectivity index (χ2v) is 6.38. The third-order valence-electron chi connectivity index (χ3n) is 5.03. The van der Waals surface area contributed by atoms with E-state index in [0.717, 1.165) is 16.7 Å². The van der Waals surface area contributed by atoms with E-state index in [0.29, 0.717) is 13.0 Å². The fourth-order valence-electron chi connectivity index (χ4n) is 3.88. The molecule has 0 amide bonds. The van der Waals surface area contributed by atoms with Crippen LogP contribution in [-0.2, 0) is 10.2 Å². The van der Waals surface area contributed by atoms with E-state index >= 15 is 0 Å². The highest BCUT2D eigenvalue weighted by Gasteiger charge is 2.54. The molecule has 3 aromatic rings. The summed E-state index contributed by atoms with van der Waals surface area (Å²) in [5.74, 6) is -1.51. The van der Waals surface area contributed by atoms with Gasteiger partial charge in [-0.3, -0.25) is 0 Å². The highest BCUT2D eigenvalue weighted by Crippen LogP contribution is 2.49. The van der Waals surface area contributed by atoms with Gasteiger partial charge in [-0.2, -0.15) is 0 Å². The van der Waals surface area contributed by atoms with Crippen molar-refractivity contribution >= 4 is 0 Å². The normalized spacial score (nSPS) is 14.0. The molecule has 0 radical (unpaired) electrons. The average molecular weight is 347 g/mol. The molecule has 0 aliphatic carbocycles. The maximum atomic E-state index is 11.8. The number of benzene rings is 3. The molecule has 0 spiro atoms. The summed E-state index contributed by atoms with van der Waals surface area (Å²) in [5, 5.41) is 11.8. The van der Waals surface area contributed by atoms with Crippen molar-refractivity contribution in [3.05, 3.63) is 108 Å². The molecule has 0 saturated carbocycles. The van der Waals surface area contributed by atoms with Gasteiger partial charge in [-0.05, 0) is 23.2 Å². The van der Waals surface area contributed by atoms with Gasteiger partial charge >= 0.3 is 0 Å². The lowest BCUT2D eigenvalue weighted by molar-refractivity contribution is -0.217. The lowest BCUT2D eigenvalue weighted by atomic mass is 9.63. The second kappa shape index (κ2) is 7.83. The first-order valence-electron chi connectivity index (χ1n) is 8.83. The molecule has 1 unspecified atom stereocenters. The van der Waals surface area contributed by atoms with Gasteiger partial charge in [0.1, 0.15) is 0 Å². The van der Waals surface area contributed by atoms with E-state index in [2.05, 4.69) is 0 Å². The topological polar surface area (TPSA) is 55.5 Å². The van der Waals surface area contributed by atoms with E-state index in [1.54, 1.807) is 7.11 Å². The average Bonchev–Trinajstić information content (AvgIpc) is 2.71. The molecule has 0 fully saturated rings. The predicted molar refractivity (Wildman–Crippen MR) is 105 cm³/mol. The monoisotopic (exact) mass is 347 g/mol. The van der Waals surface area contributed by atoms with Crippen LogP contribution in [0.15, 0.2) is 91.0 Å². The first kappa shape index (κ1) is 18.3. The molecule has 0 bridgehead atoms. The van der Waals surface area contributed by atoms with Crippen molar-refractivity contribution in [2.24, 2.45) is 5.73 Å². The van der Waals surface area contributed by atoms with E-state index in [1.165, 1.54) is 0 Å². The van der Waals surface area contributed by atoms with E-state index in [4.69, 9.17) is 10.5 Å². The van der Waals surface area contributed by atoms with Crippen LogP contribution in [0, 0.1) is 0 Å². The van der Waals surface area contributed by atoms with Crippen LogP contribution >= 0.6 is 0 Å². The molecule has 1 atom stereocenters. The van der Waals surface area contributed by atoms with Crippen LogP contribution in [0.25, 0.3) is 0 Å². The Morgan fingerprint density at radius 2 is 1.08 bits per heavy atom. The zero-order chi connectivity index (χ0) is 18.5. The van der Waals surface area contributed by atoms with E-state index in [9.17, 15) is 5.11 Å². The largest absolute Gasteiger partial charge is 0.364 e. The Kier molecular flexibility index (Phi) is 5.52. The molecule has 3 aromatic carbocycles. The molecule has 3 rings (SSSR count). The lowest BCUT2D eigenvalue weighted by Gasteiger charge is -2.47. The number of hydrogen-bond donors (Lipinski definition) is 2. The summed E-state index contributed by atoms with van der Waals surface area (Å²) in [4.78, 5) is 0. The Labute approximate surface area is 155 Å². The van der Waals surface area contributed by atoms with Gasteiger partial charge in [0.05, 0.1) is 5.41 Å². The van der Waals surface area contributed by atoms with Gasteiger partial charge in [-0.15, -0.1) is 0 Å². The fraction of sp³-hybridized carbons (Fsp3) is 0.217. The first-order chi connectivity index (χ1) is 12.7. The van der Waals surface area contributed by atoms with Crippen molar-refractivity contribution in [3.8, 4) is 0 Å². The first-order valence-corrected chi connectivity index (χ1v) is 8.83. The number of hydrogen-bond acceptors (Lipinski definition) is 3. The highest BCUT2D eigenvalue weighted by molar-refractivity contribution is 5.53. The van der Waals surface area contributed by atoms with Gasteiger partial charge in [0.2, 0.25) is 0 Å². The van der Waals surface area contributed by atoms with E-state index in [-0.39, 0.29) is 0 Å². The molecule has 0 saturated heterocycles. The third-order valence-corrected chi connectivity index (χ3v) is 5.03. The maximum Gasteiger partial charge on any atom is 0.184 e. The molecule has 134 valence electrons. The van der Waals surface area contributed by atoms with Crippen molar-refractivity contribution in [2.45, 2.75) is 17.6 Å². The molecule has 0 aromatic heterocycles. The van der Waals surface area contributed by atoms with Gasteiger partial charge in [-0.25, -0.2) is 0 Å². The summed E-state index contributed by atoms with van der Waals surface area (Å²) in [7, 11) is 1.54. The lowest BCUT2D eigenvalue weighted by Crippen LogP contribution is -2.55. The summed E-state index contributed by atoms with van der Waals surface area (Å²) in [6, 6.07) is 30.0. The van der Waals surface area contributed by atoms with Gasteiger partial charge in [0, 0.05) is 13.5 Å². The zero-order valence-electron chi connectivity index (χ0n) is 15.0. The molecule has 0 aliphatic heterocycles. The summed E-state index contributed by atoms with van der Waals surface area (Å²) in [6.45, 7) is 0.304. The Morgan fingerprint density at radius 3 is 1.35 bits per heavy atom. The number of nitrogens with two attached hydrogens (primary N) is 1. The molecule has 3 heteroatoms. The van der Waals surface area contributed by atoms with Crippen molar-refractivity contribution in [1.82, 2.24) is 0 Å². The predicted octanol–water partition coefficient (Wildman–Crippen LogP) is 3.70. The summed E-state index contributed by atoms with van der Waals surface area (Å²) in [5.41, 5.74) is 7.83. The van der Waals surface area contributed by atoms with Crippen LogP contribution < -0.4 is 5.73 Å². The van der Waals surface area contributed by atoms with Crippen molar-refractivity contribution in [3.63, 3.8) is 0 Å². The highest BCUT2D eigenvalue weighted by atomic mass is 16.6. The number of methoxy groups -OCH3 is 1. The smallest absolute Gasteiger partial charge is 0.184 e. The minimum absolute atomic E-state index is 0.294. The SMILES string of the molecule is COC(O)(CCN)C(c1ccccc1)(c1ccccc1)c1ccccc1. The zero-order valence-corrected chi connectivity index (χ0v) is 15.0. The van der Waals surface area contributed by atoms with E-state index < -0.39 is 11.2 Å². The Balaban J connectivity index is 2.43. The van der Waals surface area contributed by atoms with Gasteiger partial charge in [-0.1, -0.05) is 91.0 Å².